The number of hydrogen-bond acceptors (Lipinski definition) is 5. The van der Waals surface area contributed by atoms with Crippen molar-refractivity contribution in [1.82, 2.24) is 4.90 Å². The van der Waals surface area contributed by atoms with Crippen molar-refractivity contribution in [2.75, 3.05) is 11.9 Å². The van der Waals surface area contributed by atoms with Gasteiger partial charge in [-0.05, 0) is 62.5 Å². The number of nitrogens with one attached hydrogen (secondary N) is 1. The molecule has 5 atom stereocenters. The first-order valence-electron chi connectivity index (χ1n) is 11.1. The van der Waals surface area contributed by atoms with E-state index in [-0.39, 0.29) is 41.4 Å². The topological polar surface area (TPSA) is 92.8 Å². The van der Waals surface area contributed by atoms with Gasteiger partial charge >= 0.3 is 5.97 Å². The summed E-state index contributed by atoms with van der Waals surface area (Å²) in [5.74, 6) is -2.01. The Morgan fingerprint density at radius 2 is 1.71 bits per heavy atom. The highest BCUT2D eigenvalue weighted by Gasteiger charge is 2.62. The molecule has 1 aromatic rings. The standard InChI is InChI=1S/C24H30N2O5/c1-12(2)21(26-22(28)19-15-6-7-16(10-15)20(19)23(26)29)24(30)31-11-18(27)25-17-8-5-13(3)9-14(17)4/h5,8-9,12,15-16,19-21H,6-7,10-11H2,1-4H3,(H,25,27)/t15-,16+,19-,20-,21+/m0/s1. The summed E-state index contributed by atoms with van der Waals surface area (Å²) in [6, 6.07) is 4.64. The van der Waals surface area contributed by atoms with E-state index in [0.29, 0.717) is 5.69 Å². The van der Waals surface area contributed by atoms with Crippen molar-refractivity contribution >= 4 is 29.4 Å². The third-order valence-corrected chi connectivity index (χ3v) is 7.11. The molecule has 2 saturated carbocycles. The molecule has 0 radical (unpaired) electrons. The molecule has 0 aromatic heterocycles. The predicted octanol–water partition coefficient (Wildman–Crippen LogP) is 2.84. The van der Waals surface area contributed by atoms with Crippen molar-refractivity contribution in [2.24, 2.45) is 29.6 Å². The van der Waals surface area contributed by atoms with E-state index < -0.39 is 24.5 Å². The Kier molecular flexibility index (Phi) is 5.62. The van der Waals surface area contributed by atoms with Gasteiger partial charge in [-0.25, -0.2) is 4.79 Å². The fourth-order valence-electron chi connectivity index (χ4n) is 5.74. The summed E-state index contributed by atoms with van der Waals surface area (Å²) in [7, 11) is 0. The van der Waals surface area contributed by atoms with Crippen LogP contribution in [0.2, 0.25) is 0 Å². The zero-order valence-corrected chi connectivity index (χ0v) is 18.5. The van der Waals surface area contributed by atoms with E-state index in [1.165, 1.54) is 0 Å². The van der Waals surface area contributed by atoms with Gasteiger partial charge < -0.3 is 10.1 Å². The normalized spacial score (nSPS) is 27.6. The molecular formula is C24H30N2O5. The summed E-state index contributed by atoms with van der Waals surface area (Å²) >= 11 is 0. The number of carbonyl (C=O) groups is 4. The average molecular weight is 427 g/mol. The predicted molar refractivity (Wildman–Crippen MR) is 114 cm³/mol. The number of aryl methyl sites for hydroxylation is 2. The number of fused-ring (bicyclic) bond motifs is 5. The molecule has 0 unspecified atom stereocenters. The van der Waals surface area contributed by atoms with Crippen LogP contribution >= 0.6 is 0 Å². The van der Waals surface area contributed by atoms with Crippen molar-refractivity contribution in [3.05, 3.63) is 29.3 Å². The van der Waals surface area contributed by atoms with Crippen molar-refractivity contribution in [1.29, 1.82) is 0 Å². The van der Waals surface area contributed by atoms with E-state index in [2.05, 4.69) is 5.32 Å². The number of esters is 1. The van der Waals surface area contributed by atoms with Gasteiger partial charge in [0.25, 0.3) is 5.91 Å². The first-order chi connectivity index (χ1) is 14.7. The number of imide groups is 1. The van der Waals surface area contributed by atoms with Gasteiger partial charge in [0.2, 0.25) is 11.8 Å². The Bertz CT molecular complexity index is 912. The molecule has 1 aliphatic heterocycles. The lowest BCUT2D eigenvalue weighted by Crippen LogP contribution is -2.50. The van der Waals surface area contributed by atoms with Gasteiger partial charge in [0, 0.05) is 5.69 Å². The Hall–Kier alpha value is -2.70. The summed E-state index contributed by atoms with van der Waals surface area (Å²) in [6.07, 6.45) is 2.90. The highest BCUT2D eigenvalue weighted by molar-refractivity contribution is 6.08. The Morgan fingerprint density at radius 3 is 2.26 bits per heavy atom. The lowest BCUT2D eigenvalue weighted by atomic mass is 9.81. The minimum atomic E-state index is -1.00. The van der Waals surface area contributed by atoms with E-state index in [9.17, 15) is 19.2 Å². The molecule has 3 amide bonds. The molecule has 4 rings (SSSR count). The molecule has 166 valence electrons. The number of nitrogens with zero attached hydrogens (tertiary/aromatic N) is 1. The molecule has 0 spiro atoms. The van der Waals surface area contributed by atoms with Gasteiger partial charge in [-0.1, -0.05) is 31.5 Å². The summed E-state index contributed by atoms with van der Waals surface area (Å²) in [4.78, 5) is 52.5. The lowest BCUT2D eigenvalue weighted by molar-refractivity contribution is -0.162. The number of rotatable bonds is 6. The number of hydrogen-bond donors (Lipinski definition) is 1. The van der Waals surface area contributed by atoms with Crippen LogP contribution in [0.25, 0.3) is 0 Å². The summed E-state index contributed by atoms with van der Waals surface area (Å²) in [6.45, 7) is 6.95. The fourth-order valence-corrected chi connectivity index (χ4v) is 5.74. The van der Waals surface area contributed by atoms with E-state index in [1.807, 2.05) is 26.0 Å². The molecule has 3 fully saturated rings. The first-order valence-corrected chi connectivity index (χ1v) is 11.1. The Morgan fingerprint density at radius 1 is 1.10 bits per heavy atom. The van der Waals surface area contributed by atoms with Gasteiger partial charge in [0.05, 0.1) is 11.8 Å². The van der Waals surface area contributed by atoms with Gasteiger partial charge in [-0.2, -0.15) is 0 Å². The zero-order chi connectivity index (χ0) is 22.4. The summed E-state index contributed by atoms with van der Waals surface area (Å²) in [5, 5.41) is 2.74. The van der Waals surface area contributed by atoms with Gasteiger partial charge in [0.15, 0.2) is 6.61 Å². The zero-order valence-electron chi connectivity index (χ0n) is 18.5. The molecule has 2 bridgehead atoms. The maximum absolute atomic E-state index is 13.1. The molecule has 7 heteroatoms. The smallest absolute Gasteiger partial charge is 0.330 e. The van der Waals surface area contributed by atoms with Crippen LogP contribution in [0.4, 0.5) is 5.69 Å². The van der Waals surface area contributed by atoms with E-state index in [0.717, 1.165) is 35.3 Å². The van der Waals surface area contributed by atoms with Crippen LogP contribution in [0.1, 0.15) is 44.2 Å². The second-order valence-corrected chi connectivity index (χ2v) is 9.59. The number of amides is 3. The van der Waals surface area contributed by atoms with E-state index >= 15 is 0 Å². The highest BCUT2D eigenvalue weighted by Crippen LogP contribution is 2.56. The third kappa shape index (κ3) is 3.75. The Labute approximate surface area is 182 Å². The lowest BCUT2D eigenvalue weighted by Gasteiger charge is -2.28. The van der Waals surface area contributed by atoms with E-state index in [4.69, 9.17) is 4.74 Å². The van der Waals surface area contributed by atoms with Crippen LogP contribution in [0.5, 0.6) is 0 Å². The molecule has 3 aliphatic rings. The van der Waals surface area contributed by atoms with Gasteiger partial charge in [-0.15, -0.1) is 0 Å². The fraction of sp³-hybridized carbons (Fsp3) is 0.583. The van der Waals surface area contributed by atoms with Crippen LogP contribution in [-0.2, 0) is 23.9 Å². The van der Waals surface area contributed by atoms with Crippen molar-refractivity contribution in [2.45, 2.75) is 53.0 Å². The van der Waals surface area contributed by atoms with Crippen molar-refractivity contribution in [3.8, 4) is 0 Å². The molecule has 7 nitrogen and oxygen atoms in total. The molecule has 1 heterocycles. The quantitative estimate of drug-likeness (QED) is 0.558. The number of ether oxygens (including phenoxy) is 1. The first kappa shape index (κ1) is 21.5. The third-order valence-electron chi connectivity index (χ3n) is 7.11. The molecule has 1 N–H and O–H groups in total. The van der Waals surface area contributed by atoms with Crippen LogP contribution in [0, 0.1) is 43.4 Å². The number of likely N-dealkylation sites (tertiary alicyclic amines) is 1. The van der Waals surface area contributed by atoms with Gasteiger partial charge in [-0.3, -0.25) is 19.3 Å². The minimum absolute atomic E-state index is 0.238. The van der Waals surface area contributed by atoms with Crippen LogP contribution in [0.15, 0.2) is 18.2 Å². The SMILES string of the molecule is Cc1ccc(NC(=O)COC(=O)[C@@H](C(C)C)N2C(=O)[C@H]3[C@@H]4CC[C@@H](C4)[C@@H]3C2=O)c(C)c1. The summed E-state index contributed by atoms with van der Waals surface area (Å²) < 4.78 is 5.27. The molecule has 31 heavy (non-hydrogen) atoms. The molecular weight excluding hydrogens is 396 g/mol. The second kappa shape index (κ2) is 8.09. The summed E-state index contributed by atoms with van der Waals surface area (Å²) in [5.41, 5.74) is 2.65. The highest BCUT2D eigenvalue weighted by atomic mass is 16.5. The van der Waals surface area contributed by atoms with Gasteiger partial charge in [0.1, 0.15) is 6.04 Å². The number of benzene rings is 1. The van der Waals surface area contributed by atoms with Crippen LogP contribution in [-0.4, -0.2) is 41.2 Å². The largest absolute Gasteiger partial charge is 0.454 e. The van der Waals surface area contributed by atoms with Crippen molar-refractivity contribution < 1.29 is 23.9 Å². The monoisotopic (exact) mass is 426 g/mol. The molecule has 1 aromatic carbocycles. The van der Waals surface area contributed by atoms with E-state index in [1.54, 1.807) is 19.9 Å². The van der Waals surface area contributed by atoms with Crippen LogP contribution in [0.3, 0.4) is 0 Å². The maximum Gasteiger partial charge on any atom is 0.330 e. The van der Waals surface area contributed by atoms with Crippen LogP contribution < -0.4 is 5.32 Å². The minimum Gasteiger partial charge on any atom is -0.454 e. The second-order valence-electron chi connectivity index (χ2n) is 9.59. The molecule has 2 aliphatic carbocycles. The number of anilines is 1. The average Bonchev–Trinajstić information content (AvgIpc) is 3.38. The number of carbonyl (C=O) groups excluding carboxylic acids is 4. The molecule has 1 saturated heterocycles. The Balaban J connectivity index is 1.42. The van der Waals surface area contributed by atoms with Crippen molar-refractivity contribution in [3.63, 3.8) is 0 Å². The maximum atomic E-state index is 13.1.